The summed E-state index contributed by atoms with van der Waals surface area (Å²) in [6.07, 6.45) is 5.17. The van der Waals surface area contributed by atoms with Crippen LogP contribution in [0, 0.1) is 5.92 Å². The van der Waals surface area contributed by atoms with Gasteiger partial charge >= 0.3 is 0 Å². The lowest BCUT2D eigenvalue weighted by Crippen LogP contribution is -2.32. The van der Waals surface area contributed by atoms with Crippen LogP contribution >= 0.6 is 27.3 Å². The van der Waals surface area contributed by atoms with Crippen LogP contribution in [0.15, 0.2) is 15.9 Å². The Labute approximate surface area is 114 Å². The van der Waals surface area contributed by atoms with E-state index in [1.165, 1.54) is 6.42 Å². The zero-order valence-electron chi connectivity index (χ0n) is 9.69. The maximum Gasteiger partial charge on any atom is 0.166 e. The molecule has 1 saturated carbocycles. The van der Waals surface area contributed by atoms with Crippen molar-refractivity contribution < 1.29 is 9.90 Å². The Kier molecular flexibility index (Phi) is 4.77. The van der Waals surface area contributed by atoms with Crippen molar-refractivity contribution in [2.45, 2.75) is 44.6 Å². The molecule has 2 nitrogen and oxygen atoms in total. The van der Waals surface area contributed by atoms with Crippen LogP contribution in [0.3, 0.4) is 0 Å². The van der Waals surface area contributed by atoms with Crippen molar-refractivity contribution in [3.63, 3.8) is 0 Å². The SMILES string of the molecule is O=C(Cc1cc(Br)cs1)C(O)C1CCCCC1. The monoisotopic (exact) mass is 316 g/mol. The van der Waals surface area contributed by atoms with Crippen LogP contribution in [-0.2, 0) is 11.2 Å². The van der Waals surface area contributed by atoms with Gasteiger partial charge in [-0.3, -0.25) is 4.79 Å². The molecule has 0 saturated heterocycles. The van der Waals surface area contributed by atoms with Gasteiger partial charge in [0.15, 0.2) is 5.78 Å². The first-order chi connectivity index (χ1) is 8.16. The lowest BCUT2D eigenvalue weighted by atomic mass is 9.83. The summed E-state index contributed by atoms with van der Waals surface area (Å²) in [5, 5.41) is 12.0. The molecule has 1 aromatic heterocycles. The Balaban J connectivity index is 1.90. The van der Waals surface area contributed by atoms with Crippen LogP contribution in [0.5, 0.6) is 0 Å². The number of rotatable bonds is 4. The number of hydrogen-bond donors (Lipinski definition) is 1. The van der Waals surface area contributed by atoms with Crippen LogP contribution in [0.4, 0.5) is 0 Å². The minimum absolute atomic E-state index is 0.0220. The van der Waals surface area contributed by atoms with Gasteiger partial charge in [0.1, 0.15) is 6.10 Å². The molecule has 0 radical (unpaired) electrons. The molecule has 94 valence electrons. The second-order valence-corrected chi connectivity index (χ2v) is 6.63. The van der Waals surface area contributed by atoms with E-state index in [0.717, 1.165) is 35.0 Å². The lowest BCUT2D eigenvalue weighted by Gasteiger charge is -2.25. The van der Waals surface area contributed by atoms with Gasteiger partial charge in [-0.05, 0) is 40.8 Å². The summed E-state index contributed by atoms with van der Waals surface area (Å²) in [6.45, 7) is 0. The number of thiophene rings is 1. The Morgan fingerprint density at radius 3 is 2.76 bits per heavy atom. The van der Waals surface area contributed by atoms with E-state index < -0.39 is 6.10 Å². The minimum Gasteiger partial charge on any atom is -0.385 e. The molecular formula is C13H17BrO2S. The van der Waals surface area contributed by atoms with Crippen molar-refractivity contribution in [3.8, 4) is 0 Å². The van der Waals surface area contributed by atoms with Crippen LogP contribution in [0.1, 0.15) is 37.0 Å². The Hall–Kier alpha value is -0.190. The molecule has 0 spiro atoms. The molecule has 1 aliphatic carbocycles. The average Bonchev–Trinajstić information content (AvgIpc) is 2.75. The fourth-order valence-corrected chi connectivity index (χ4v) is 3.90. The first-order valence-corrected chi connectivity index (χ1v) is 7.78. The number of aliphatic hydroxyl groups excluding tert-OH is 1. The predicted molar refractivity (Wildman–Crippen MR) is 73.3 cm³/mol. The summed E-state index contributed by atoms with van der Waals surface area (Å²) in [6, 6.07) is 1.95. The second-order valence-electron chi connectivity index (χ2n) is 4.72. The minimum atomic E-state index is -0.754. The van der Waals surface area contributed by atoms with Crippen LogP contribution < -0.4 is 0 Å². The quantitative estimate of drug-likeness (QED) is 0.922. The van der Waals surface area contributed by atoms with E-state index in [9.17, 15) is 9.90 Å². The molecule has 1 N–H and O–H groups in total. The molecule has 0 amide bonds. The zero-order chi connectivity index (χ0) is 12.3. The fourth-order valence-electron chi connectivity index (χ4n) is 2.44. The Morgan fingerprint density at radius 2 is 2.18 bits per heavy atom. The van der Waals surface area contributed by atoms with E-state index in [4.69, 9.17) is 0 Å². The second kappa shape index (κ2) is 6.12. The summed E-state index contributed by atoms with van der Waals surface area (Å²) in [5.74, 6) is 0.172. The Bertz CT molecular complexity index is 383. The van der Waals surface area contributed by atoms with Gasteiger partial charge in [-0.2, -0.15) is 0 Å². The maximum atomic E-state index is 12.0. The van der Waals surface area contributed by atoms with E-state index in [2.05, 4.69) is 15.9 Å². The first-order valence-electron chi connectivity index (χ1n) is 6.10. The average molecular weight is 317 g/mol. The topological polar surface area (TPSA) is 37.3 Å². The van der Waals surface area contributed by atoms with Gasteiger partial charge in [0.2, 0.25) is 0 Å². The van der Waals surface area contributed by atoms with Crippen molar-refractivity contribution in [2.24, 2.45) is 5.92 Å². The van der Waals surface area contributed by atoms with Crippen molar-refractivity contribution in [3.05, 3.63) is 20.8 Å². The van der Waals surface area contributed by atoms with Crippen LogP contribution in [-0.4, -0.2) is 17.0 Å². The number of Topliss-reactive ketones (excluding diaryl/α,β-unsaturated/α-hetero) is 1. The molecule has 1 unspecified atom stereocenters. The molecular weight excluding hydrogens is 300 g/mol. The largest absolute Gasteiger partial charge is 0.385 e. The Morgan fingerprint density at radius 1 is 1.47 bits per heavy atom. The van der Waals surface area contributed by atoms with Gasteiger partial charge in [0.05, 0.1) is 0 Å². The lowest BCUT2D eigenvalue weighted by molar-refractivity contribution is -0.129. The van der Waals surface area contributed by atoms with Crippen LogP contribution in [0.25, 0.3) is 0 Å². The van der Waals surface area contributed by atoms with E-state index in [-0.39, 0.29) is 11.7 Å². The number of carbonyl (C=O) groups is 1. The van der Waals surface area contributed by atoms with Gasteiger partial charge in [0, 0.05) is 21.2 Å². The third kappa shape index (κ3) is 3.63. The molecule has 1 aromatic rings. The van der Waals surface area contributed by atoms with Crippen molar-refractivity contribution >= 4 is 33.0 Å². The highest BCUT2D eigenvalue weighted by molar-refractivity contribution is 9.10. The molecule has 1 atom stereocenters. The summed E-state index contributed by atoms with van der Waals surface area (Å²) in [7, 11) is 0. The number of halogens is 1. The molecule has 1 heterocycles. The molecule has 1 aliphatic rings. The van der Waals surface area contributed by atoms with E-state index in [1.54, 1.807) is 11.3 Å². The molecule has 0 aliphatic heterocycles. The predicted octanol–water partition coefficient (Wildman–Crippen LogP) is 3.56. The summed E-state index contributed by atoms with van der Waals surface area (Å²) in [5.41, 5.74) is 0. The third-order valence-corrected chi connectivity index (χ3v) is 5.09. The smallest absolute Gasteiger partial charge is 0.166 e. The van der Waals surface area contributed by atoms with E-state index >= 15 is 0 Å². The normalized spacial score (nSPS) is 19.2. The first kappa shape index (κ1) is 13.2. The van der Waals surface area contributed by atoms with Gasteiger partial charge in [-0.25, -0.2) is 0 Å². The maximum absolute atomic E-state index is 12.0. The van der Waals surface area contributed by atoms with Gasteiger partial charge in [-0.1, -0.05) is 19.3 Å². The fraction of sp³-hybridized carbons (Fsp3) is 0.615. The summed E-state index contributed by atoms with van der Waals surface area (Å²) in [4.78, 5) is 13.0. The van der Waals surface area contributed by atoms with Gasteiger partial charge in [-0.15, -0.1) is 11.3 Å². The summed E-state index contributed by atoms with van der Waals surface area (Å²) < 4.78 is 1.01. The number of aliphatic hydroxyl groups is 1. The third-order valence-electron chi connectivity index (χ3n) is 3.40. The summed E-state index contributed by atoms with van der Waals surface area (Å²) >= 11 is 4.94. The molecule has 0 bridgehead atoms. The van der Waals surface area contributed by atoms with Gasteiger partial charge < -0.3 is 5.11 Å². The number of carbonyl (C=O) groups excluding carboxylic acids is 1. The molecule has 2 rings (SSSR count). The molecule has 0 aromatic carbocycles. The molecule has 1 fully saturated rings. The van der Waals surface area contributed by atoms with Gasteiger partial charge in [0.25, 0.3) is 0 Å². The highest BCUT2D eigenvalue weighted by atomic mass is 79.9. The standard InChI is InChI=1S/C13H17BrO2S/c14-10-6-11(17-8-10)7-12(15)13(16)9-4-2-1-3-5-9/h6,8-9,13,16H,1-5,7H2. The van der Waals surface area contributed by atoms with E-state index in [0.29, 0.717) is 6.42 Å². The highest BCUT2D eigenvalue weighted by Crippen LogP contribution is 2.28. The molecule has 17 heavy (non-hydrogen) atoms. The molecule has 4 heteroatoms. The number of ketones is 1. The van der Waals surface area contributed by atoms with Crippen molar-refractivity contribution in [1.29, 1.82) is 0 Å². The van der Waals surface area contributed by atoms with Crippen molar-refractivity contribution in [2.75, 3.05) is 0 Å². The highest BCUT2D eigenvalue weighted by Gasteiger charge is 2.27. The van der Waals surface area contributed by atoms with E-state index in [1.807, 2.05) is 11.4 Å². The zero-order valence-corrected chi connectivity index (χ0v) is 12.1. The van der Waals surface area contributed by atoms with Crippen molar-refractivity contribution in [1.82, 2.24) is 0 Å². The number of hydrogen-bond acceptors (Lipinski definition) is 3. The van der Waals surface area contributed by atoms with Crippen LogP contribution in [0.2, 0.25) is 0 Å².